The first kappa shape index (κ1) is 15.4. The van der Waals surface area contributed by atoms with E-state index in [0.29, 0.717) is 0 Å². The van der Waals surface area contributed by atoms with E-state index in [1.807, 2.05) is 0 Å². The molecule has 6 heteroatoms. The van der Waals surface area contributed by atoms with E-state index in [1.54, 1.807) is 0 Å². The molecule has 0 spiro atoms. The average Bonchev–Trinajstić information content (AvgIpc) is 2.43. The molecular weight excluding hydrogens is 289 g/mol. The van der Waals surface area contributed by atoms with E-state index in [0.717, 1.165) is 24.3 Å². The maximum atomic E-state index is 13.8. The summed E-state index contributed by atoms with van der Waals surface area (Å²) in [6.45, 7) is 1.41. The summed E-state index contributed by atoms with van der Waals surface area (Å²) in [5.74, 6) is -2.09. The lowest BCUT2D eigenvalue weighted by Gasteiger charge is -2.15. The van der Waals surface area contributed by atoms with E-state index in [4.69, 9.17) is 5.73 Å². The molecule has 112 valence electrons. The molecule has 0 saturated carbocycles. The first-order chi connectivity index (χ1) is 9.71. The van der Waals surface area contributed by atoms with Crippen molar-refractivity contribution in [3.8, 4) is 0 Å². The molecule has 2 rings (SSSR count). The van der Waals surface area contributed by atoms with Gasteiger partial charge in [0.05, 0.1) is 11.6 Å². The minimum atomic E-state index is -4.45. The highest BCUT2D eigenvalue weighted by molar-refractivity contribution is 5.36. The highest BCUT2D eigenvalue weighted by Gasteiger charge is 2.30. The molecule has 0 aliphatic rings. The topological polar surface area (TPSA) is 26.0 Å². The van der Waals surface area contributed by atoms with Gasteiger partial charge in [0.15, 0.2) is 11.6 Å². The van der Waals surface area contributed by atoms with Crippen LogP contribution in [0.25, 0.3) is 0 Å². The Kier molecular flexibility index (Phi) is 4.00. The number of hydrogen-bond acceptors (Lipinski definition) is 1. The Balaban J connectivity index is 2.37. The molecule has 2 aromatic carbocycles. The Hall–Kier alpha value is -1.95. The van der Waals surface area contributed by atoms with Crippen LogP contribution in [-0.2, 0) is 6.18 Å². The fourth-order valence-corrected chi connectivity index (χ4v) is 1.96. The number of rotatable bonds is 2. The average molecular weight is 301 g/mol. The van der Waals surface area contributed by atoms with Crippen LogP contribution in [-0.4, -0.2) is 0 Å². The van der Waals surface area contributed by atoms with Crippen molar-refractivity contribution in [2.45, 2.75) is 19.1 Å². The van der Waals surface area contributed by atoms with Gasteiger partial charge in [0.25, 0.3) is 0 Å². The molecule has 0 amide bonds. The van der Waals surface area contributed by atoms with Gasteiger partial charge in [-0.3, -0.25) is 0 Å². The van der Waals surface area contributed by atoms with E-state index >= 15 is 0 Å². The maximum Gasteiger partial charge on any atom is 0.416 e. The smallest absolute Gasteiger partial charge is 0.320 e. The Bertz CT molecular complexity index is 646. The molecule has 0 saturated heterocycles. The van der Waals surface area contributed by atoms with Crippen LogP contribution in [0.4, 0.5) is 22.0 Å². The zero-order chi connectivity index (χ0) is 15.8. The summed E-state index contributed by atoms with van der Waals surface area (Å²) in [6, 6.07) is 5.70. The molecule has 0 fully saturated rings. The van der Waals surface area contributed by atoms with Crippen molar-refractivity contribution in [3.05, 3.63) is 70.3 Å². The van der Waals surface area contributed by atoms with Gasteiger partial charge in [0, 0.05) is 5.56 Å². The van der Waals surface area contributed by atoms with Crippen LogP contribution in [0.1, 0.15) is 28.3 Å². The highest BCUT2D eigenvalue weighted by Crippen LogP contribution is 2.31. The van der Waals surface area contributed by atoms with Crippen LogP contribution in [0, 0.1) is 18.6 Å². The third-order valence-electron chi connectivity index (χ3n) is 3.24. The van der Waals surface area contributed by atoms with E-state index in [2.05, 4.69) is 0 Å². The van der Waals surface area contributed by atoms with Gasteiger partial charge in [-0.1, -0.05) is 24.3 Å². The van der Waals surface area contributed by atoms with Gasteiger partial charge in [-0.05, 0) is 30.2 Å². The van der Waals surface area contributed by atoms with Crippen molar-refractivity contribution in [2.24, 2.45) is 5.73 Å². The quantitative estimate of drug-likeness (QED) is 0.820. The zero-order valence-corrected chi connectivity index (χ0v) is 11.0. The number of nitrogens with two attached hydrogens (primary N) is 1. The lowest BCUT2D eigenvalue weighted by molar-refractivity contribution is -0.137. The van der Waals surface area contributed by atoms with E-state index < -0.39 is 29.4 Å². The van der Waals surface area contributed by atoms with Crippen LogP contribution in [0.5, 0.6) is 0 Å². The molecule has 0 aromatic heterocycles. The second-order valence-electron chi connectivity index (χ2n) is 4.70. The van der Waals surface area contributed by atoms with Gasteiger partial charge in [0.1, 0.15) is 0 Å². The molecule has 0 bridgehead atoms. The van der Waals surface area contributed by atoms with Crippen LogP contribution in [0.3, 0.4) is 0 Å². The fourth-order valence-electron chi connectivity index (χ4n) is 1.96. The summed E-state index contributed by atoms with van der Waals surface area (Å²) < 4.78 is 64.7. The number of hydrogen-bond donors (Lipinski definition) is 1. The molecule has 21 heavy (non-hydrogen) atoms. The largest absolute Gasteiger partial charge is 0.416 e. The molecule has 2 aromatic rings. The zero-order valence-electron chi connectivity index (χ0n) is 11.0. The molecule has 0 heterocycles. The van der Waals surface area contributed by atoms with Crippen LogP contribution < -0.4 is 5.73 Å². The van der Waals surface area contributed by atoms with Gasteiger partial charge in [-0.2, -0.15) is 13.2 Å². The van der Waals surface area contributed by atoms with Crippen molar-refractivity contribution >= 4 is 0 Å². The van der Waals surface area contributed by atoms with Gasteiger partial charge < -0.3 is 5.73 Å². The molecule has 1 atom stereocenters. The van der Waals surface area contributed by atoms with E-state index in [-0.39, 0.29) is 16.7 Å². The number of alkyl halides is 3. The van der Waals surface area contributed by atoms with Gasteiger partial charge in [-0.25, -0.2) is 8.78 Å². The first-order valence-corrected chi connectivity index (χ1v) is 6.09. The molecule has 0 aliphatic carbocycles. The highest BCUT2D eigenvalue weighted by atomic mass is 19.4. The van der Waals surface area contributed by atoms with Crippen LogP contribution in [0.15, 0.2) is 36.4 Å². The van der Waals surface area contributed by atoms with Crippen molar-refractivity contribution in [3.63, 3.8) is 0 Å². The van der Waals surface area contributed by atoms with Crippen LogP contribution >= 0.6 is 0 Å². The summed E-state index contributed by atoms with van der Waals surface area (Å²) in [5, 5.41) is 0. The molecular formula is C15H12F5N. The summed E-state index contributed by atoms with van der Waals surface area (Å²) in [4.78, 5) is 0. The minimum absolute atomic E-state index is 0.0992. The SMILES string of the molecule is Cc1ccc(C(N)c2ccc(C(F)(F)F)cc2)c(F)c1F. The maximum absolute atomic E-state index is 13.8. The van der Waals surface area contributed by atoms with Gasteiger partial charge in [0.2, 0.25) is 0 Å². The predicted octanol–water partition coefficient (Wildman–Crippen LogP) is 4.34. The summed E-state index contributed by atoms with van der Waals surface area (Å²) in [6.07, 6.45) is -4.45. The standard InChI is InChI=1S/C15H12F5N/c1-8-2-7-11(13(17)12(8)16)14(21)9-3-5-10(6-4-9)15(18,19)20/h2-7,14H,21H2,1H3. The summed E-state index contributed by atoms with van der Waals surface area (Å²) in [7, 11) is 0. The Morgan fingerprint density at radius 1 is 0.905 bits per heavy atom. The Morgan fingerprint density at radius 3 is 2.00 bits per heavy atom. The lowest BCUT2D eigenvalue weighted by atomic mass is 9.97. The number of benzene rings is 2. The number of aryl methyl sites for hydroxylation is 1. The molecule has 1 unspecified atom stereocenters. The second-order valence-corrected chi connectivity index (χ2v) is 4.70. The minimum Gasteiger partial charge on any atom is -0.320 e. The third-order valence-corrected chi connectivity index (χ3v) is 3.24. The van der Waals surface area contributed by atoms with Crippen molar-refractivity contribution in [1.82, 2.24) is 0 Å². The third kappa shape index (κ3) is 3.05. The normalized spacial score (nSPS) is 13.3. The second kappa shape index (κ2) is 5.44. The Labute approximate surface area is 118 Å². The molecule has 0 radical (unpaired) electrons. The van der Waals surface area contributed by atoms with Crippen LogP contribution in [0.2, 0.25) is 0 Å². The first-order valence-electron chi connectivity index (χ1n) is 6.09. The molecule has 1 nitrogen and oxygen atoms in total. The fraction of sp³-hybridized carbons (Fsp3) is 0.200. The van der Waals surface area contributed by atoms with E-state index in [1.165, 1.54) is 19.1 Å². The Morgan fingerprint density at radius 2 is 1.48 bits per heavy atom. The molecule has 0 aliphatic heterocycles. The van der Waals surface area contributed by atoms with Crippen molar-refractivity contribution in [2.75, 3.05) is 0 Å². The monoisotopic (exact) mass is 301 g/mol. The van der Waals surface area contributed by atoms with Gasteiger partial charge in [-0.15, -0.1) is 0 Å². The number of halogens is 5. The van der Waals surface area contributed by atoms with Gasteiger partial charge >= 0.3 is 6.18 Å². The summed E-state index contributed by atoms with van der Waals surface area (Å²) >= 11 is 0. The predicted molar refractivity (Wildman–Crippen MR) is 68.6 cm³/mol. The molecule has 2 N–H and O–H groups in total. The van der Waals surface area contributed by atoms with E-state index in [9.17, 15) is 22.0 Å². The summed E-state index contributed by atoms with van der Waals surface area (Å²) in [5.41, 5.74) is 5.29. The lowest BCUT2D eigenvalue weighted by Crippen LogP contribution is -2.15. The van der Waals surface area contributed by atoms with Crippen molar-refractivity contribution in [1.29, 1.82) is 0 Å². The van der Waals surface area contributed by atoms with Crippen molar-refractivity contribution < 1.29 is 22.0 Å².